The van der Waals surface area contributed by atoms with Gasteiger partial charge in [0.1, 0.15) is 5.69 Å². The van der Waals surface area contributed by atoms with E-state index in [0.717, 1.165) is 29.4 Å². The minimum atomic E-state index is 0.154. The molecular formula is C18H28N6O. The number of aromatic amines is 1. The topological polar surface area (TPSA) is 90.0 Å². The molecule has 7 heteroatoms. The highest BCUT2D eigenvalue weighted by atomic mass is 16.3. The van der Waals surface area contributed by atoms with Crippen LogP contribution in [0.25, 0.3) is 6.08 Å². The Morgan fingerprint density at radius 3 is 2.80 bits per heavy atom. The van der Waals surface area contributed by atoms with Crippen LogP contribution in [0.5, 0.6) is 0 Å². The molecule has 0 aliphatic carbocycles. The van der Waals surface area contributed by atoms with Crippen LogP contribution >= 0.6 is 0 Å². The third kappa shape index (κ3) is 5.29. The van der Waals surface area contributed by atoms with Crippen LogP contribution in [0.15, 0.2) is 18.3 Å². The summed E-state index contributed by atoms with van der Waals surface area (Å²) in [5.41, 5.74) is 1.89. The van der Waals surface area contributed by atoms with Crippen LogP contribution in [0.4, 0.5) is 17.5 Å². The van der Waals surface area contributed by atoms with E-state index in [9.17, 15) is 0 Å². The van der Waals surface area contributed by atoms with E-state index in [1.54, 1.807) is 6.20 Å². The highest BCUT2D eigenvalue weighted by Gasteiger charge is 2.12. The van der Waals surface area contributed by atoms with Crippen molar-refractivity contribution in [3.63, 3.8) is 0 Å². The second kappa shape index (κ2) is 9.17. The molecule has 2 aromatic heterocycles. The molecule has 0 aliphatic heterocycles. The first-order valence-electron chi connectivity index (χ1n) is 8.73. The molecule has 0 aliphatic rings. The molecule has 7 nitrogen and oxygen atoms in total. The smallest absolute Gasteiger partial charge is 0.156 e. The molecule has 0 fully saturated rings. The summed E-state index contributed by atoms with van der Waals surface area (Å²) in [5.74, 6) is 2.53. The van der Waals surface area contributed by atoms with Crippen molar-refractivity contribution in [3.05, 3.63) is 29.7 Å². The van der Waals surface area contributed by atoms with Gasteiger partial charge in [0.25, 0.3) is 0 Å². The van der Waals surface area contributed by atoms with E-state index in [1.165, 1.54) is 0 Å². The van der Waals surface area contributed by atoms with Gasteiger partial charge in [0, 0.05) is 32.0 Å². The van der Waals surface area contributed by atoms with Gasteiger partial charge in [0.05, 0.1) is 6.20 Å². The minimum Gasteiger partial charge on any atom is -0.396 e. The number of hydrogen-bond acceptors (Lipinski definition) is 6. The Morgan fingerprint density at radius 1 is 1.36 bits per heavy atom. The summed E-state index contributed by atoms with van der Waals surface area (Å²) < 4.78 is 0. The number of nitrogens with zero attached hydrogens (tertiary/aromatic N) is 4. The van der Waals surface area contributed by atoms with Crippen molar-refractivity contribution < 1.29 is 5.11 Å². The van der Waals surface area contributed by atoms with Gasteiger partial charge in [0.15, 0.2) is 17.5 Å². The lowest BCUT2D eigenvalue weighted by Crippen LogP contribution is -2.22. The Hall–Kier alpha value is -2.41. The molecular weight excluding hydrogens is 316 g/mol. The lowest BCUT2D eigenvalue weighted by atomic mass is 10.1. The molecule has 0 radical (unpaired) electrons. The van der Waals surface area contributed by atoms with Crippen LogP contribution in [0.3, 0.4) is 0 Å². The molecule has 0 bridgehead atoms. The van der Waals surface area contributed by atoms with E-state index in [2.05, 4.69) is 47.3 Å². The monoisotopic (exact) mass is 344 g/mol. The van der Waals surface area contributed by atoms with Crippen molar-refractivity contribution in [2.45, 2.75) is 39.5 Å². The second-order valence-corrected chi connectivity index (χ2v) is 6.26. The van der Waals surface area contributed by atoms with Crippen LogP contribution in [-0.4, -0.2) is 45.5 Å². The number of hydrogen-bond donors (Lipinski definition) is 3. The fourth-order valence-electron chi connectivity index (χ4n) is 2.32. The maximum atomic E-state index is 9.07. The number of rotatable bonds is 9. The normalized spacial score (nSPS) is 11.4. The highest BCUT2D eigenvalue weighted by Crippen LogP contribution is 2.22. The van der Waals surface area contributed by atoms with Crippen LogP contribution in [-0.2, 0) is 0 Å². The van der Waals surface area contributed by atoms with Crippen molar-refractivity contribution in [3.8, 4) is 0 Å². The summed E-state index contributed by atoms with van der Waals surface area (Å²) in [6.45, 7) is 7.17. The summed E-state index contributed by atoms with van der Waals surface area (Å²) >= 11 is 0. The Labute approximate surface area is 149 Å². The Kier molecular flexibility index (Phi) is 6.94. The van der Waals surface area contributed by atoms with Gasteiger partial charge in [0.2, 0.25) is 0 Å². The first kappa shape index (κ1) is 18.9. The van der Waals surface area contributed by atoms with Crippen molar-refractivity contribution in [2.75, 3.05) is 30.4 Å². The van der Waals surface area contributed by atoms with Gasteiger partial charge >= 0.3 is 0 Å². The number of H-pyrrole nitrogens is 1. The lowest BCUT2D eigenvalue weighted by molar-refractivity contribution is 0.290. The molecule has 0 unspecified atom stereocenters. The van der Waals surface area contributed by atoms with Crippen molar-refractivity contribution >= 4 is 23.5 Å². The average Bonchev–Trinajstić information content (AvgIpc) is 3.07. The molecule has 0 saturated carbocycles. The summed E-state index contributed by atoms with van der Waals surface area (Å²) in [6, 6.07) is 1.98. The van der Waals surface area contributed by atoms with Gasteiger partial charge < -0.3 is 15.3 Å². The number of nitrogens with one attached hydrogen (secondary N) is 2. The van der Waals surface area contributed by atoms with Crippen LogP contribution in [0.2, 0.25) is 0 Å². The first-order valence-corrected chi connectivity index (χ1v) is 8.73. The summed E-state index contributed by atoms with van der Waals surface area (Å²) in [7, 11) is 1.96. The van der Waals surface area contributed by atoms with Crippen molar-refractivity contribution in [2.24, 2.45) is 0 Å². The Morgan fingerprint density at radius 2 is 2.16 bits per heavy atom. The number of allylic oxidation sites excluding steroid dienone is 1. The van der Waals surface area contributed by atoms with Gasteiger partial charge in [-0.25, -0.2) is 9.97 Å². The van der Waals surface area contributed by atoms with Crippen molar-refractivity contribution in [1.29, 1.82) is 0 Å². The summed E-state index contributed by atoms with van der Waals surface area (Å²) in [6.07, 6.45) is 7.37. The SMILES string of the molecule is CC/C=C/c1ncc(Nc2cc(C(C)C)[nH]n2)nc1N(C)CCCO. The van der Waals surface area contributed by atoms with E-state index in [1.807, 2.05) is 24.1 Å². The molecule has 25 heavy (non-hydrogen) atoms. The maximum absolute atomic E-state index is 9.07. The molecule has 0 spiro atoms. The number of aliphatic hydroxyl groups excluding tert-OH is 1. The summed E-state index contributed by atoms with van der Waals surface area (Å²) in [5, 5.41) is 19.6. The molecule has 136 valence electrons. The fraction of sp³-hybridized carbons (Fsp3) is 0.500. The number of aliphatic hydroxyl groups is 1. The number of anilines is 3. The molecule has 2 aromatic rings. The standard InChI is InChI=1S/C18H28N6O/c1-5-6-8-14-18(24(4)9-7-10-25)21-17(12-19-14)20-16-11-15(13(2)3)22-23-16/h6,8,11-13,25H,5,7,9-10H2,1-4H3,(H2,20,21,22,23)/b8-6+. The van der Waals surface area contributed by atoms with Gasteiger partial charge in [-0.3, -0.25) is 5.10 Å². The zero-order chi connectivity index (χ0) is 18.2. The van der Waals surface area contributed by atoms with E-state index in [-0.39, 0.29) is 6.61 Å². The third-order valence-corrected chi connectivity index (χ3v) is 3.78. The zero-order valence-electron chi connectivity index (χ0n) is 15.5. The first-order chi connectivity index (χ1) is 12.0. The molecule has 2 rings (SSSR count). The Balaban J connectivity index is 2.24. The van der Waals surface area contributed by atoms with Gasteiger partial charge in [-0.2, -0.15) is 5.10 Å². The van der Waals surface area contributed by atoms with E-state index in [4.69, 9.17) is 10.1 Å². The minimum absolute atomic E-state index is 0.154. The maximum Gasteiger partial charge on any atom is 0.156 e. The van der Waals surface area contributed by atoms with Gasteiger partial charge in [-0.15, -0.1) is 0 Å². The van der Waals surface area contributed by atoms with Crippen LogP contribution < -0.4 is 10.2 Å². The quantitative estimate of drug-likeness (QED) is 0.646. The highest BCUT2D eigenvalue weighted by molar-refractivity contribution is 5.64. The molecule has 2 heterocycles. The third-order valence-electron chi connectivity index (χ3n) is 3.78. The number of aromatic nitrogens is 4. The van der Waals surface area contributed by atoms with E-state index >= 15 is 0 Å². The molecule has 0 saturated heterocycles. The molecule has 3 N–H and O–H groups in total. The molecule has 0 amide bonds. The lowest BCUT2D eigenvalue weighted by Gasteiger charge is -2.20. The van der Waals surface area contributed by atoms with Crippen molar-refractivity contribution in [1.82, 2.24) is 20.2 Å². The average molecular weight is 344 g/mol. The Bertz CT molecular complexity index is 695. The van der Waals surface area contributed by atoms with Crippen LogP contribution in [0, 0.1) is 0 Å². The second-order valence-electron chi connectivity index (χ2n) is 6.26. The predicted octanol–water partition coefficient (Wildman–Crippen LogP) is 3.31. The zero-order valence-corrected chi connectivity index (χ0v) is 15.5. The molecule has 0 atom stereocenters. The molecule has 0 aromatic carbocycles. The van der Waals surface area contributed by atoms with E-state index < -0.39 is 0 Å². The van der Waals surface area contributed by atoms with E-state index in [0.29, 0.717) is 24.7 Å². The van der Waals surface area contributed by atoms with Crippen LogP contribution in [0.1, 0.15) is 50.9 Å². The predicted molar refractivity (Wildman–Crippen MR) is 102 cm³/mol. The summed E-state index contributed by atoms with van der Waals surface area (Å²) in [4.78, 5) is 11.2. The van der Waals surface area contributed by atoms with Gasteiger partial charge in [-0.05, 0) is 24.8 Å². The van der Waals surface area contributed by atoms with Gasteiger partial charge in [-0.1, -0.05) is 26.8 Å². The largest absolute Gasteiger partial charge is 0.396 e. The fourth-order valence-corrected chi connectivity index (χ4v) is 2.32.